The first-order valence-electron chi connectivity index (χ1n) is 6.87. The number of imidazole rings is 1. The summed E-state index contributed by atoms with van der Waals surface area (Å²) < 4.78 is 2.33. The molecule has 98 valence electrons. The Bertz CT molecular complexity index is 501. The van der Waals surface area contributed by atoms with E-state index in [0.717, 1.165) is 24.4 Å². The molecule has 0 saturated carbocycles. The lowest BCUT2D eigenvalue weighted by atomic mass is 10.2. The van der Waals surface area contributed by atoms with Crippen molar-refractivity contribution in [3.63, 3.8) is 0 Å². The highest BCUT2D eigenvalue weighted by atomic mass is 15.1. The molecular weight excluding hydrogens is 222 g/mol. The summed E-state index contributed by atoms with van der Waals surface area (Å²) in [6.45, 7) is 8.61. The molecule has 3 nitrogen and oxygen atoms in total. The number of rotatable bonds is 6. The minimum absolute atomic E-state index is 0.602. The van der Waals surface area contributed by atoms with Gasteiger partial charge in [0, 0.05) is 12.6 Å². The predicted molar refractivity (Wildman–Crippen MR) is 76.8 cm³/mol. The van der Waals surface area contributed by atoms with Gasteiger partial charge in [-0.05, 0) is 45.4 Å². The number of fused-ring (bicyclic) bond motifs is 1. The maximum atomic E-state index is 4.59. The third-order valence-corrected chi connectivity index (χ3v) is 3.42. The third-order valence-electron chi connectivity index (χ3n) is 3.42. The Morgan fingerprint density at radius 3 is 2.89 bits per heavy atom. The van der Waals surface area contributed by atoms with Crippen LogP contribution in [-0.4, -0.2) is 22.1 Å². The largest absolute Gasteiger partial charge is 0.328 e. The highest BCUT2D eigenvalue weighted by Crippen LogP contribution is 2.16. The molecule has 0 bridgehead atoms. The number of aromatic nitrogens is 2. The molecule has 0 radical (unpaired) electrons. The molecule has 0 saturated heterocycles. The van der Waals surface area contributed by atoms with Crippen molar-refractivity contribution in [1.82, 2.24) is 14.9 Å². The number of hydrogen-bond acceptors (Lipinski definition) is 2. The molecule has 0 amide bonds. The first-order valence-corrected chi connectivity index (χ1v) is 6.87. The highest BCUT2D eigenvalue weighted by molar-refractivity contribution is 5.75. The topological polar surface area (TPSA) is 29.9 Å². The van der Waals surface area contributed by atoms with Gasteiger partial charge >= 0.3 is 0 Å². The van der Waals surface area contributed by atoms with Gasteiger partial charge in [0.25, 0.3) is 0 Å². The number of aryl methyl sites for hydroxylation is 2. The van der Waals surface area contributed by atoms with Gasteiger partial charge in [0.2, 0.25) is 0 Å². The second-order valence-corrected chi connectivity index (χ2v) is 4.90. The van der Waals surface area contributed by atoms with Gasteiger partial charge in [0.15, 0.2) is 0 Å². The molecule has 1 atom stereocenters. The zero-order valence-electron chi connectivity index (χ0n) is 11.6. The van der Waals surface area contributed by atoms with E-state index in [1.165, 1.54) is 18.4 Å². The molecule has 1 unspecified atom stereocenters. The fourth-order valence-electron chi connectivity index (χ4n) is 2.48. The number of hydrogen-bond donors (Lipinski definition) is 1. The van der Waals surface area contributed by atoms with Crippen LogP contribution < -0.4 is 5.32 Å². The van der Waals surface area contributed by atoms with Crippen molar-refractivity contribution in [2.24, 2.45) is 0 Å². The molecular formula is C15H23N3. The van der Waals surface area contributed by atoms with Crippen LogP contribution in [0.5, 0.6) is 0 Å². The molecule has 0 aliphatic heterocycles. The smallest absolute Gasteiger partial charge is 0.106 e. The van der Waals surface area contributed by atoms with Crippen molar-refractivity contribution in [3.8, 4) is 0 Å². The van der Waals surface area contributed by atoms with Crippen molar-refractivity contribution >= 4 is 11.0 Å². The van der Waals surface area contributed by atoms with E-state index in [0.29, 0.717) is 6.04 Å². The monoisotopic (exact) mass is 245 g/mol. The molecule has 0 aliphatic rings. The average Bonchev–Trinajstić information content (AvgIpc) is 2.66. The minimum atomic E-state index is 0.602. The van der Waals surface area contributed by atoms with Crippen molar-refractivity contribution < 1.29 is 0 Å². The van der Waals surface area contributed by atoms with Gasteiger partial charge in [-0.2, -0.15) is 0 Å². The van der Waals surface area contributed by atoms with Gasteiger partial charge in [-0.25, -0.2) is 4.98 Å². The third kappa shape index (κ3) is 2.91. The summed E-state index contributed by atoms with van der Waals surface area (Å²) in [6, 6.07) is 8.97. The Hall–Kier alpha value is -1.35. The van der Waals surface area contributed by atoms with Gasteiger partial charge in [0.1, 0.15) is 5.82 Å². The van der Waals surface area contributed by atoms with Crippen LogP contribution in [0.4, 0.5) is 0 Å². The lowest BCUT2D eigenvalue weighted by molar-refractivity contribution is 0.487. The van der Waals surface area contributed by atoms with Crippen LogP contribution in [0.1, 0.15) is 32.5 Å². The number of benzene rings is 1. The molecule has 0 aliphatic carbocycles. The summed E-state index contributed by atoms with van der Waals surface area (Å²) in [7, 11) is 0. The predicted octanol–water partition coefficient (Wildman–Crippen LogP) is 3.12. The maximum absolute atomic E-state index is 4.59. The molecule has 1 N–H and O–H groups in total. The Kier molecular flexibility index (Phi) is 4.37. The van der Waals surface area contributed by atoms with Crippen molar-refractivity contribution in [2.75, 3.05) is 6.54 Å². The van der Waals surface area contributed by atoms with Crippen molar-refractivity contribution in [1.29, 1.82) is 0 Å². The number of nitrogens with zero attached hydrogens (tertiary/aromatic N) is 2. The number of nitrogens with one attached hydrogen (secondary N) is 1. The summed E-state index contributed by atoms with van der Waals surface area (Å²) in [6.07, 6.45) is 2.40. The van der Waals surface area contributed by atoms with E-state index in [1.54, 1.807) is 0 Å². The van der Waals surface area contributed by atoms with Crippen LogP contribution in [0.2, 0.25) is 0 Å². The van der Waals surface area contributed by atoms with E-state index < -0.39 is 0 Å². The van der Waals surface area contributed by atoms with Crippen LogP contribution in [0.3, 0.4) is 0 Å². The van der Waals surface area contributed by atoms with Gasteiger partial charge in [-0.15, -0.1) is 0 Å². The lowest BCUT2D eigenvalue weighted by Crippen LogP contribution is -2.25. The Labute approximate surface area is 109 Å². The Balaban J connectivity index is 2.01. The van der Waals surface area contributed by atoms with Crippen molar-refractivity contribution in [2.45, 2.75) is 46.2 Å². The highest BCUT2D eigenvalue weighted by Gasteiger charge is 2.06. The van der Waals surface area contributed by atoms with E-state index in [-0.39, 0.29) is 0 Å². The molecule has 0 spiro atoms. The van der Waals surface area contributed by atoms with E-state index in [9.17, 15) is 0 Å². The zero-order chi connectivity index (χ0) is 13.0. The second-order valence-electron chi connectivity index (χ2n) is 4.90. The van der Waals surface area contributed by atoms with Crippen LogP contribution in [-0.2, 0) is 6.54 Å². The summed E-state index contributed by atoms with van der Waals surface area (Å²) in [4.78, 5) is 4.59. The minimum Gasteiger partial charge on any atom is -0.328 e. The lowest BCUT2D eigenvalue weighted by Gasteiger charge is -2.13. The summed E-state index contributed by atoms with van der Waals surface area (Å²) in [5.41, 5.74) is 2.36. The van der Waals surface area contributed by atoms with Gasteiger partial charge in [-0.1, -0.05) is 19.1 Å². The Morgan fingerprint density at radius 1 is 1.33 bits per heavy atom. The molecule has 2 rings (SSSR count). The molecule has 0 fully saturated rings. The van der Waals surface area contributed by atoms with E-state index in [1.807, 2.05) is 6.07 Å². The fourth-order valence-corrected chi connectivity index (χ4v) is 2.48. The van der Waals surface area contributed by atoms with Crippen LogP contribution in [0.25, 0.3) is 11.0 Å². The fraction of sp³-hybridized carbons (Fsp3) is 0.533. The molecule has 1 aromatic carbocycles. The van der Waals surface area contributed by atoms with Crippen LogP contribution in [0.15, 0.2) is 24.3 Å². The SMILES string of the molecule is CCNC(C)CCCn1c(C)nc2ccccc21. The van der Waals surface area contributed by atoms with E-state index >= 15 is 0 Å². The summed E-state index contributed by atoms with van der Waals surface area (Å²) >= 11 is 0. The average molecular weight is 245 g/mol. The zero-order valence-corrected chi connectivity index (χ0v) is 11.6. The number of para-hydroxylation sites is 2. The van der Waals surface area contributed by atoms with Crippen LogP contribution in [0, 0.1) is 6.92 Å². The first-order chi connectivity index (χ1) is 8.72. The van der Waals surface area contributed by atoms with Crippen molar-refractivity contribution in [3.05, 3.63) is 30.1 Å². The maximum Gasteiger partial charge on any atom is 0.106 e. The first kappa shape index (κ1) is 13.1. The normalized spacial score (nSPS) is 13.1. The van der Waals surface area contributed by atoms with Gasteiger partial charge < -0.3 is 9.88 Å². The molecule has 1 heterocycles. The van der Waals surface area contributed by atoms with Crippen LogP contribution >= 0.6 is 0 Å². The molecule has 2 aromatic rings. The second kappa shape index (κ2) is 6.01. The molecule has 18 heavy (non-hydrogen) atoms. The summed E-state index contributed by atoms with van der Waals surface area (Å²) in [5, 5.41) is 3.45. The quantitative estimate of drug-likeness (QED) is 0.847. The van der Waals surface area contributed by atoms with E-state index in [2.05, 4.69) is 53.8 Å². The standard InChI is InChI=1S/C15H23N3/c1-4-16-12(2)8-7-11-18-13(3)17-14-9-5-6-10-15(14)18/h5-6,9-10,12,16H,4,7-8,11H2,1-3H3. The molecule has 1 aromatic heterocycles. The van der Waals surface area contributed by atoms with Gasteiger partial charge in [0.05, 0.1) is 11.0 Å². The summed E-state index contributed by atoms with van der Waals surface area (Å²) in [5.74, 6) is 1.12. The molecule has 3 heteroatoms. The van der Waals surface area contributed by atoms with E-state index in [4.69, 9.17) is 0 Å². The van der Waals surface area contributed by atoms with Gasteiger partial charge in [-0.3, -0.25) is 0 Å². The Morgan fingerprint density at radius 2 is 2.11 bits per heavy atom.